The summed E-state index contributed by atoms with van der Waals surface area (Å²) in [5.74, 6) is -0.134. The molecule has 2 aromatic rings. The van der Waals surface area contributed by atoms with Crippen molar-refractivity contribution in [2.24, 2.45) is 0 Å². The highest BCUT2D eigenvalue weighted by atomic mass is 35.5. The molecule has 1 aromatic heterocycles. The fourth-order valence-electron chi connectivity index (χ4n) is 4.78. The molecule has 2 amide bonds. The van der Waals surface area contributed by atoms with E-state index in [0.29, 0.717) is 37.7 Å². The van der Waals surface area contributed by atoms with Gasteiger partial charge >= 0.3 is 0 Å². The molecule has 2 fully saturated rings. The first-order valence-electron chi connectivity index (χ1n) is 12.3. The van der Waals surface area contributed by atoms with E-state index in [-0.39, 0.29) is 17.9 Å². The summed E-state index contributed by atoms with van der Waals surface area (Å²) in [7, 11) is 0. The fourth-order valence-corrected chi connectivity index (χ4v) is 5.60. The average molecular weight is 504 g/mol. The van der Waals surface area contributed by atoms with Crippen molar-refractivity contribution in [2.75, 3.05) is 39.4 Å². The Morgan fingerprint density at radius 1 is 1.12 bits per heavy atom. The Kier molecular flexibility index (Phi) is 9.39. The predicted octanol–water partition coefficient (Wildman–Crippen LogP) is 4.30. The van der Waals surface area contributed by atoms with Crippen molar-refractivity contribution in [2.45, 2.75) is 50.6 Å². The number of nitrogens with one attached hydrogen (secondary N) is 1. The summed E-state index contributed by atoms with van der Waals surface area (Å²) < 4.78 is 5.48. The van der Waals surface area contributed by atoms with Crippen LogP contribution in [0.15, 0.2) is 41.8 Å². The SMILES string of the molecule is O=C(NC1CCCCC1)[C@@H](c1ccc(Cl)cc1)N(CCN1CCOCC1)C(=O)Cc1cccs1. The Balaban J connectivity index is 1.59. The Hall–Kier alpha value is -1.93. The van der Waals surface area contributed by atoms with E-state index >= 15 is 0 Å². The molecule has 34 heavy (non-hydrogen) atoms. The quantitative estimate of drug-likeness (QED) is 0.554. The summed E-state index contributed by atoms with van der Waals surface area (Å²) in [6.45, 7) is 4.27. The van der Waals surface area contributed by atoms with Crippen LogP contribution >= 0.6 is 22.9 Å². The van der Waals surface area contributed by atoms with E-state index in [1.807, 2.05) is 29.6 Å². The number of ether oxygens (including phenoxy) is 1. The highest BCUT2D eigenvalue weighted by Gasteiger charge is 2.33. The molecular weight excluding hydrogens is 470 g/mol. The maximum absolute atomic E-state index is 13.7. The number of thiophene rings is 1. The third-order valence-electron chi connectivity index (χ3n) is 6.68. The number of morpholine rings is 1. The fraction of sp³-hybridized carbons (Fsp3) is 0.538. The summed E-state index contributed by atoms with van der Waals surface area (Å²) in [6.07, 6.45) is 5.77. The lowest BCUT2D eigenvalue weighted by Gasteiger charge is -2.35. The smallest absolute Gasteiger partial charge is 0.247 e. The largest absolute Gasteiger partial charge is 0.379 e. The van der Waals surface area contributed by atoms with E-state index < -0.39 is 6.04 Å². The Morgan fingerprint density at radius 2 is 1.85 bits per heavy atom. The maximum atomic E-state index is 13.7. The van der Waals surface area contributed by atoms with Crippen LogP contribution in [0.1, 0.15) is 48.6 Å². The van der Waals surface area contributed by atoms with Crippen LogP contribution in [0.2, 0.25) is 5.02 Å². The van der Waals surface area contributed by atoms with Gasteiger partial charge in [0.05, 0.1) is 19.6 Å². The Bertz CT molecular complexity index is 910. The van der Waals surface area contributed by atoms with E-state index in [4.69, 9.17) is 16.3 Å². The van der Waals surface area contributed by atoms with Gasteiger partial charge in [0.25, 0.3) is 0 Å². The minimum absolute atomic E-state index is 0.0329. The van der Waals surface area contributed by atoms with E-state index in [2.05, 4.69) is 10.2 Å². The number of amides is 2. The van der Waals surface area contributed by atoms with Crippen molar-refractivity contribution in [3.63, 3.8) is 0 Å². The van der Waals surface area contributed by atoms with Gasteiger partial charge in [-0.3, -0.25) is 14.5 Å². The number of halogens is 1. The van der Waals surface area contributed by atoms with Gasteiger partial charge in [-0.05, 0) is 42.0 Å². The van der Waals surface area contributed by atoms with Crippen LogP contribution in [0, 0.1) is 0 Å². The highest BCUT2D eigenvalue weighted by molar-refractivity contribution is 7.10. The van der Waals surface area contributed by atoms with E-state index in [1.54, 1.807) is 28.4 Å². The Labute approximate surface area is 211 Å². The minimum atomic E-state index is -0.687. The maximum Gasteiger partial charge on any atom is 0.247 e. The number of nitrogens with zero attached hydrogens (tertiary/aromatic N) is 2. The molecule has 1 saturated carbocycles. The predicted molar refractivity (Wildman–Crippen MR) is 136 cm³/mol. The van der Waals surface area contributed by atoms with Crippen LogP contribution in [0.3, 0.4) is 0 Å². The van der Waals surface area contributed by atoms with E-state index in [0.717, 1.165) is 49.2 Å². The van der Waals surface area contributed by atoms with Crippen LogP contribution in [0.4, 0.5) is 0 Å². The Morgan fingerprint density at radius 3 is 2.53 bits per heavy atom. The van der Waals surface area contributed by atoms with Crippen molar-refractivity contribution in [1.82, 2.24) is 15.1 Å². The molecule has 1 aromatic carbocycles. The summed E-state index contributed by atoms with van der Waals surface area (Å²) in [5.41, 5.74) is 0.791. The van der Waals surface area contributed by atoms with Gasteiger partial charge in [0, 0.05) is 42.1 Å². The molecule has 0 radical (unpaired) electrons. The van der Waals surface area contributed by atoms with Crippen molar-refractivity contribution in [1.29, 1.82) is 0 Å². The molecular formula is C26H34ClN3O3S. The lowest BCUT2D eigenvalue weighted by Crippen LogP contribution is -2.50. The summed E-state index contributed by atoms with van der Waals surface area (Å²) >= 11 is 7.72. The van der Waals surface area contributed by atoms with E-state index in [1.165, 1.54) is 6.42 Å². The molecule has 0 unspecified atom stereocenters. The van der Waals surface area contributed by atoms with Crippen molar-refractivity contribution in [3.8, 4) is 0 Å². The number of rotatable bonds is 9. The molecule has 2 heterocycles. The second-order valence-electron chi connectivity index (χ2n) is 9.09. The van der Waals surface area contributed by atoms with Gasteiger partial charge in [-0.15, -0.1) is 11.3 Å². The standard InChI is InChI=1S/C26H34ClN3O3S/c27-21-10-8-20(9-11-21)25(26(32)28-22-5-2-1-3-6-22)30(13-12-29-14-16-33-17-15-29)24(31)19-23-7-4-18-34-23/h4,7-11,18,22,25H,1-3,5-6,12-17,19H2,(H,28,32)/t25-/m1/s1. The van der Waals surface area contributed by atoms with Crippen LogP contribution in [-0.2, 0) is 20.7 Å². The van der Waals surface area contributed by atoms with Gasteiger partial charge < -0.3 is 15.0 Å². The average Bonchev–Trinajstić information content (AvgIpc) is 3.37. The lowest BCUT2D eigenvalue weighted by molar-refractivity contribution is -0.141. The normalized spacial score (nSPS) is 18.4. The van der Waals surface area contributed by atoms with Gasteiger partial charge in [0.1, 0.15) is 6.04 Å². The van der Waals surface area contributed by atoms with Gasteiger partial charge in [-0.2, -0.15) is 0 Å². The molecule has 2 aliphatic rings. The van der Waals surface area contributed by atoms with Crippen LogP contribution < -0.4 is 5.32 Å². The molecule has 0 bridgehead atoms. The number of carbonyl (C=O) groups excluding carboxylic acids is 2. The first-order chi connectivity index (χ1) is 16.6. The lowest BCUT2D eigenvalue weighted by atomic mass is 9.94. The number of carbonyl (C=O) groups is 2. The molecule has 1 saturated heterocycles. The highest BCUT2D eigenvalue weighted by Crippen LogP contribution is 2.26. The van der Waals surface area contributed by atoms with Crippen molar-refractivity contribution in [3.05, 3.63) is 57.2 Å². The van der Waals surface area contributed by atoms with Gasteiger partial charge in [-0.25, -0.2) is 0 Å². The molecule has 1 N–H and O–H groups in total. The molecule has 8 heteroatoms. The molecule has 1 aliphatic heterocycles. The molecule has 184 valence electrons. The minimum Gasteiger partial charge on any atom is -0.379 e. The van der Waals surface area contributed by atoms with Gasteiger partial charge in [-0.1, -0.05) is 49.1 Å². The first kappa shape index (κ1) is 25.2. The molecule has 4 rings (SSSR count). The zero-order valence-corrected chi connectivity index (χ0v) is 21.2. The van der Waals surface area contributed by atoms with Crippen LogP contribution in [0.5, 0.6) is 0 Å². The molecule has 6 nitrogen and oxygen atoms in total. The number of hydrogen-bond donors (Lipinski definition) is 1. The zero-order chi connectivity index (χ0) is 23.8. The first-order valence-corrected chi connectivity index (χ1v) is 13.5. The summed E-state index contributed by atoms with van der Waals surface area (Å²) in [4.78, 5) is 32.4. The second kappa shape index (κ2) is 12.7. The topological polar surface area (TPSA) is 61.9 Å². The number of hydrogen-bond acceptors (Lipinski definition) is 5. The second-order valence-corrected chi connectivity index (χ2v) is 10.6. The monoisotopic (exact) mass is 503 g/mol. The third-order valence-corrected chi connectivity index (χ3v) is 7.81. The number of benzene rings is 1. The molecule has 1 aliphatic carbocycles. The summed E-state index contributed by atoms with van der Waals surface area (Å²) in [6, 6.07) is 10.7. The third kappa shape index (κ3) is 7.04. The molecule has 1 atom stereocenters. The van der Waals surface area contributed by atoms with Crippen LogP contribution in [0.25, 0.3) is 0 Å². The summed E-state index contributed by atoms with van der Waals surface area (Å²) in [5, 5.41) is 5.86. The van der Waals surface area contributed by atoms with E-state index in [9.17, 15) is 9.59 Å². The van der Waals surface area contributed by atoms with Gasteiger partial charge in [0.2, 0.25) is 11.8 Å². The van der Waals surface area contributed by atoms with Crippen molar-refractivity contribution >= 4 is 34.8 Å². The molecule has 0 spiro atoms. The van der Waals surface area contributed by atoms with Crippen LogP contribution in [-0.4, -0.2) is 67.0 Å². The van der Waals surface area contributed by atoms with Crippen molar-refractivity contribution < 1.29 is 14.3 Å². The van der Waals surface area contributed by atoms with Gasteiger partial charge in [0.15, 0.2) is 0 Å². The zero-order valence-electron chi connectivity index (χ0n) is 19.6.